The molecule has 0 atom stereocenters. The van der Waals surface area contributed by atoms with Crippen molar-refractivity contribution < 1.29 is 13.9 Å². The molecule has 18 heavy (non-hydrogen) atoms. The number of halogens is 3. The van der Waals surface area contributed by atoms with Crippen LogP contribution >= 0.6 is 15.9 Å². The minimum atomic E-state index is -0.689. The van der Waals surface area contributed by atoms with Crippen molar-refractivity contribution >= 4 is 21.6 Å². The summed E-state index contributed by atoms with van der Waals surface area (Å²) in [5.41, 5.74) is 0.666. The van der Waals surface area contributed by atoms with E-state index in [1.54, 1.807) is 18.2 Å². The largest absolute Gasteiger partial charge is 0.505 e. The van der Waals surface area contributed by atoms with Gasteiger partial charge in [-0.3, -0.25) is 0 Å². The summed E-state index contributed by atoms with van der Waals surface area (Å²) in [6, 6.07) is 8.81. The number of nitrogens with one attached hydrogen (secondary N) is 1. The maximum atomic E-state index is 13.5. The Morgan fingerprint density at radius 3 is 2.61 bits per heavy atom. The van der Waals surface area contributed by atoms with Gasteiger partial charge in [-0.05, 0) is 24.3 Å². The van der Waals surface area contributed by atoms with Crippen LogP contribution in [0.3, 0.4) is 0 Å². The summed E-state index contributed by atoms with van der Waals surface area (Å²) in [5, 5.41) is 12.3. The molecule has 2 rings (SSSR count). The maximum absolute atomic E-state index is 13.5. The third-order valence-corrected chi connectivity index (χ3v) is 2.96. The summed E-state index contributed by atoms with van der Waals surface area (Å²) in [5.74, 6) is -1.52. The lowest BCUT2D eigenvalue weighted by Gasteiger charge is -2.09. The molecule has 0 saturated heterocycles. The maximum Gasteiger partial charge on any atom is 0.165 e. The third kappa shape index (κ3) is 2.79. The Kier molecular flexibility index (Phi) is 3.81. The van der Waals surface area contributed by atoms with Crippen molar-refractivity contribution in [3.8, 4) is 5.75 Å². The van der Waals surface area contributed by atoms with E-state index in [0.29, 0.717) is 15.7 Å². The van der Waals surface area contributed by atoms with Gasteiger partial charge < -0.3 is 10.4 Å². The second-order valence-electron chi connectivity index (χ2n) is 3.73. The molecule has 0 aliphatic heterocycles. The van der Waals surface area contributed by atoms with E-state index in [4.69, 9.17) is 0 Å². The first-order valence-corrected chi connectivity index (χ1v) is 6.02. The molecule has 0 amide bonds. The highest BCUT2D eigenvalue weighted by atomic mass is 79.9. The normalized spacial score (nSPS) is 10.4. The fraction of sp³-hybridized carbons (Fsp3) is 0.0769. The van der Waals surface area contributed by atoms with Gasteiger partial charge in [0.05, 0.1) is 5.69 Å². The molecule has 0 spiro atoms. The van der Waals surface area contributed by atoms with Crippen LogP contribution in [0.4, 0.5) is 14.5 Å². The smallest absolute Gasteiger partial charge is 0.165 e. The minimum absolute atomic E-state index is 0.141. The average Bonchev–Trinajstić information content (AvgIpc) is 2.33. The number of para-hydroxylation sites is 1. The molecular weight excluding hydrogens is 304 g/mol. The molecule has 5 heteroatoms. The average molecular weight is 314 g/mol. The Hall–Kier alpha value is -1.62. The number of aromatic hydroxyl groups is 1. The zero-order valence-corrected chi connectivity index (χ0v) is 10.8. The Balaban J connectivity index is 2.14. The fourth-order valence-electron chi connectivity index (χ4n) is 1.53. The van der Waals surface area contributed by atoms with E-state index >= 15 is 0 Å². The van der Waals surface area contributed by atoms with Gasteiger partial charge in [0.1, 0.15) is 5.82 Å². The summed E-state index contributed by atoms with van der Waals surface area (Å²) in [7, 11) is 0. The van der Waals surface area contributed by atoms with Crippen LogP contribution < -0.4 is 5.32 Å². The minimum Gasteiger partial charge on any atom is -0.505 e. The van der Waals surface area contributed by atoms with Crippen molar-refractivity contribution in [2.45, 2.75) is 6.54 Å². The Morgan fingerprint density at radius 2 is 1.89 bits per heavy atom. The van der Waals surface area contributed by atoms with Gasteiger partial charge in [-0.1, -0.05) is 28.1 Å². The standard InChI is InChI=1S/C13H10BrF2NO/c14-9-4-5-12(11(16)6-9)17-7-8-2-1-3-10(15)13(8)18/h1-6,17-18H,7H2. The van der Waals surface area contributed by atoms with E-state index in [2.05, 4.69) is 21.2 Å². The van der Waals surface area contributed by atoms with E-state index < -0.39 is 17.4 Å². The predicted molar refractivity (Wildman–Crippen MR) is 69.5 cm³/mol. The number of benzene rings is 2. The molecule has 2 aromatic rings. The van der Waals surface area contributed by atoms with Gasteiger partial charge in [0.15, 0.2) is 11.6 Å². The molecule has 0 aromatic heterocycles. The lowest BCUT2D eigenvalue weighted by atomic mass is 10.2. The quantitative estimate of drug-likeness (QED) is 0.896. The SMILES string of the molecule is Oc1c(F)cccc1CNc1ccc(Br)cc1F. The lowest BCUT2D eigenvalue weighted by molar-refractivity contribution is 0.426. The van der Waals surface area contributed by atoms with E-state index in [0.717, 1.165) is 0 Å². The van der Waals surface area contributed by atoms with Crippen LogP contribution in [0.1, 0.15) is 5.56 Å². The van der Waals surface area contributed by atoms with Gasteiger partial charge in [0.25, 0.3) is 0 Å². The molecule has 2 aromatic carbocycles. The molecule has 94 valence electrons. The van der Waals surface area contributed by atoms with E-state index in [1.807, 2.05) is 0 Å². The second kappa shape index (κ2) is 5.35. The van der Waals surface area contributed by atoms with Crippen LogP contribution in [0.25, 0.3) is 0 Å². The zero-order chi connectivity index (χ0) is 13.1. The van der Waals surface area contributed by atoms with Crippen molar-refractivity contribution in [1.29, 1.82) is 0 Å². The van der Waals surface area contributed by atoms with Crippen molar-refractivity contribution in [2.24, 2.45) is 0 Å². The number of phenols is 1. The zero-order valence-electron chi connectivity index (χ0n) is 9.25. The topological polar surface area (TPSA) is 32.3 Å². The van der Waals surface area contributed by atoms with Gasteiger partial charge in [-0.15, -0.1) is 0 Å². The van der Waals surface area contributed by atoms with Gasteiger partial charge in [0, 0.05) is 16.6 Å². The summed E-state index contributed by atoms with van der Waals surface area (Å²) in [6.07, 6.45) is 0. The lowest BCUT2D eigenvalue weighted by Crippen LogP contribution is -2.02. The van der Waals surface area contributed by atoms with Crippen molar-refractivity contribution in [2.75, 3.05) is 5.32 Å². The number of hydrogen-bond donors (Lipinski definition) is 2. The summed E-state index contributed by atoms with van der Waals surface area (Å²) in [6.45, 7) is 0.141. The van der Waals surface area contributed by atoms with Crippen LogP contribution in [-0.2, 0) is 6.54 Å². The van der Waals surface area contributed by atoms with Crippen LogP contribution in [0.2, 0.25) is 0 Å². The molecule has 2 N–H and O–H groups in total. The molecule has 0 saturated carbocycles. The fourth-order valence-corrected chi connectivity index (χ4v) is 1.86. The molecule has 0 unspecified atom stereocenters. The Bertz CT molecular complexity index is 575. The van der Waals surface area contributed by atoms with Crippen LogP contribution in [-0.4, -0.2) is 5.11 Å². The number of hydrogen-bond acceptors (Lipinski definition) is 2. The third-order valence-electron chi connectivity index (χ3n) is 2.47. The van der Waals surface area contributed by atoms with Crippen LogP contribution in [0.15, 0.2) is 40.9 Å². The number of rotatable bonds is 3. The van der Waals surface area contributed by atoms with Gasteiger partial charge >= 0.3 is 0 Å². The molecule has 2 nitrogen and oxygen atoms in total. The van der Waals surface area contributed by atoms with Crippen LogP contribution in [0.5, 0.6) is 5.75 Å². The molecule has 0 bridgehead atoms. The molecule has 0 aliphatic rings. The van der Waals surface area contributed by atoms with E-state index in [9.17, 15) is 13.9 Å². The van der Waals surface area contributed by atoms with Gasteiger partial charge in [0.2, 0.25) is 0 Å². The molecule has 0 heterocycles. The first-order chi connectivity index (χ1) is 8.58. The molecular formula is C13H10BrF2NO. The highest BCUT2D eigenvalue weighted by molar-refractivity contribution is 9.10. The van der Waals surface area contributed by atoms with Crippen molar-refractivity contribution in [1.82, 2.24) is 0 Å². The van der Waals surface area contributed by atoms with E-state index in [-0.39, 0.29) is 6.54 Å². The Labute approximate surface area is 111 Å². The predicted octanol–water partition coefficient (Wildman–Crippen LogP) is 4.05. The first-order valence-electron chi connectivity index (χ1n) is 5.23. The monoisotopic (exact) mass is 313 g/mol. The van der Waals surface area contributed by atoms with Gasteiger partial charge in [-0.2, -0.15) is 0 Å². The Morgan fingerprint density at radius 1 is 1.11 bits per heavy atom. The highest BCUT2D eigenvalue weighted by Gasteiger charge is 2.07. The van der Waals surface area contributed by atoms with Crippen molar-refractivity contribution in [3.63, 3.8) is 0 Å². The molecule has 0 fully saturated rings. The molecule has 0 radical (unpaired) electrons. The first kappa shape index (κ1) is 12.8. The van der Waals surface area contributed by atoms with Crippen LogP contribution in [0, 0.1) is 11.6 Å². The molecule has 0 aliphatic carbocycles. The summed E-state index contributed by atoms with van der Waals surface area (Å²) >= 11 is 3.16. The van der Waals surface area contributed by atoms with Gasteiger partial charge in [-0.25, -0.2) is 8.78 Å². The summed E-state index contributed by atoms with van der Waals surface area (Å²) in [4.78, 5) is 0. The van der Waals surface area contributed by atoms with E-state index in [1.165, 1.54) is 18.2 Å². The second-order valence-corrected chi connectivity index (χ2v) is 4.64. The number of phenolic OH excluding ortho intramolecular Hbond substituents is 1. The summed E-state index contributed by atoms with van der Waals surface area (Å²) < 4.78 is 27.2. The van der Waals surface area contributed by atoms with Crippen molar-refractivity contribution in [3.05, 3.63) is 58.1 Å². The number of anilines is 1. The highest BCUT2D eigenvalue weighted by Crippen LogP contribution is 2.23.